The molecule has 0 unspecified atom stereocenters. The number of nitrogens with zero attached hydrogens (tertiary/aromatic N) is 1. The summed E-state index contributed by atoms with van der Waals surface area (Å²) in [6.45, 7) is 3.63. The maximum atomic E-state index is 12.6. The van der Waals surface area contributed by atoms with Gasteiger partial charge in [0, 0.05) is 6.54 Å². The van der Waals surface area contributed by atoms with Crippen LogP contribution < -0.4 is 5.32 Å². The zero-order valence-corrected chi connectivity index (χ0v) is 14.9. The molecule has 1 aromatic carbocycles. The van der Waals surface area contributed by atoms with Crippen molar-refractivity contribution in [1.82, 2.24) is 10.2 Å². The molecule has 2 heterocycles. The Morgan fingerprint density at radius 1 is 1.19 bits per heavy atom. The van der Waals surface area contributed by atoms with Gasteiger partial charge in [0.15, 0.2) is 6.10 Å². The molecule has 3 rings (SSSR count). The molecule has 3 amide bonds. The van der Waals surface area contributed by atoms with E-state index in [2.05, 4.69) is 5.32 Å². The number of imide groups is 1. The minimum atomic E-state index is -0.974. The fraction of sp³-hybridized carbons (Fsp3) is 0.263. The van der Waals surface area contributed by atoms with Crippen LogP contribution in [0, 0.1) is 0 Å². The monoisotopic (exact) mass is 370 g/mol. The van der Waals surface area contributed by atoms with Crippen LogP contribution in [0.1, 0.15) is 50.7 Å². The van der Waals surface area contributed by atoms with Crippen LogP contribution in [0.25, 0.3) is 0 Å². The molecular formula is C19H18N2O6. The van der Waals surface area contributed by atoms with Crippen LogP contribution in [0.5, 0.6) is 0 Å². The van der Waals surface area contributed by atoms with Crippen molar-refractivity contribution in [2.75, 3.05) is 6.54 Å². The molecule has 1 aromatic heterocycles. The van der Waals surface area contributed by atoms with E-state index in [4.69, 9.17) is 9.15 Å². The molecule has 1 N–H and O–H groups in total. The van der Waals surface area contributed by atoms with Gasteiger partial charge in [-0.05, 0) is 44.2 Å². The van der Waals surface area contributed by atoms with Gasteiger partial charge in [0.1, 0.15) is 5.76 Å². The summed E-state index contributed by atoms with van der Waals surface area (Å²) in [4.78, 5) is 50.0. The lowest BCUT2D eigenvalue weighted by Gasteiger charge is -2.12. The van der Waals surface area contributed by atoms with Crippen molar-refractivity contribution in [1.29, 1.82) is 0 Å². The van der Waals surface area contributed by atoms with E-state index in [1.165, 1.54) is 31.4 Å². The summed E-state index contributed by atoms with van der Waals surface area (Å²) in [6.07, 6.45) is 0.482. The van der Waals surface area contributed by atoms with Gasteiger partial charge in [-0.15, -0.1) is 0 Å². The van der Waals surface area contributed by atoms with E-state index in [1.54, 1.807) is 19.1 Å². The first-order valence-corrected chi connectivity index (χ1v) is 8.43. The first kappa shape index (κ1) is 18.4. The largest absolute Gasteiger partial charge is 0.467 e. The topological polar surface area (TPSA) is 106 Å². The smallest absolute Gasteiger partial charge is 0.338 e. The van der Waals surface area contributed by atoms with Crippen molar-refractivity contribution in [3.8, 4) is 0 Å². The van der Waals surface area contributed by atoms with Gasteiger partial charge in [0.2, 0.25) is 0 Å². The molecule has 1 atom stereocenters. The number of nitrogens with one attached hydrogen (secondary N) is 1. The molecule has 0 bridgehead atoms. The second-order valence-corrected chi connectivity index (χ2v) is 5.98. The predicted molar refractivity (Wildman–Crippen MR) is 92.9 cm³/mol. The fourth-order valence-electron chi connectivity index (χ4n) is 2.72. The first-order valence-electron chi connectivity index (χ1n) is 8.43. The number of hydrogen-bond donors (Lipinski definition) is 1. The molecular weight excluding hydrogens is 352 g/mol. The maximum Gasteiger partial charge on any atom is 0.338 e. The molecule has 0 radical (unpaired) electrons. The summed E-state index contributed by atoms with van der Waals surface area (Å²) in [6, 6.07) is 7.44. The standard InChI is InChI=1S/C19H18N2O6/c1-3-20-16(22)11(2)27-19(25)12-6-7-14-15(9-12)18(24)21(17(14)23)10-13-5-4-8-26-13/h4-9,11H,3,10H2,1-2H3,(H,20,22)/t11-/m0/s1. The van der Waals surface area contributed by atoms with Crippen LogP contribution in [-0.4, -0.2) is 41.2 Å². The van der Waals surface area contributed by atoms with E-state index >= 15 is 0 Å². The van der Waals surface area contributed by atoms with Crippen LogP contribution in [0.2, 0.25) is 0 Å². The molecule has 0 fully saturated rings. The molecule has 0 saturated carbocycles. The average molecular weight is 370 g/mol. The third kappa shape index (κ3) is 3.59. The van der Waals surface area contributed by atoms with Gasteiger partial charge in [0.05, 0.1) is 29.5 Å². The van der Waals surface area contributed by atoms with E-state index < -0.39 is 29.8 Å². The van der Waals surface area contributed by atoms with Crippen molar-refractivity contribution >= 4 is 23.7 Å². The van der Waals surface area contributed by atoms with Gasteiger partial charge in [-0.1, -0.05) is 0 Å². The van der Waals surface area contributed by atoms with Crippen LogP contribution in [0.3, 0.4) is 0 Å². The molecule has 2 aromatic rings. The predicted octanol–water partition coefficient (Wildman–Crippen LogP) is 1.76. The highest BCUT2D eigenvalue weighted by Crippen LogP contribution is 2.26. The minimum Gasteiger partial charge on any atom is -0.467 e. The third-order valence-electron chi connectivity index (χ3n) is 4.10. The lowest BCUT2D eigenvalue weighted by atomic mass is 10.1. The number of hydrogen-bond acceptors (Lipinski definition) is 6. The highest BCUT2D eigenvalue weighted by molar-refractivity contribution is 6.21. The highest BCUT2D eigenvalue weighted by Gasteiger charge is 2.36. The number of ether oxygens (including phenoxy) is 1. The number of likely N-dealkylation sites (N-methyl/N-ethyl adjacent to an activating group) is 1. The molecule has 1 aliphatic rings. The van der Waals surface area contributed by atoms with Crippen molar-refractivity contribution in [2.24, 2.45) is 0 Å². The fourth-order valence-corrected chi connectivity index (χ4v) is 2.72. The average Bonchev–Trinajstić information content (AvgIpc) is 3.25. The van der Waals surface area contributed by atoms with Crippen LogP contribution >= 0.6 is 0 Å². The second kappa shape index (κ2) is 7.45. The van der Waals surface area contributed by atoms with E-state index in [0.29, 0.717) is 12.3 Å². The Morgan fingerprint density at radius 3 is 2.59 bits per heavy atom. The SMILES string of the molecule is CCNC(=O)[C@H](C)OC(=O)c1ccc2c(c1)C(=O)N(Cc1ccco1)C2=O. The Bertz CT molecular complexity index is 903. The van der Waals surface area contributed by atoms with Crippen molar-refractivity contribution in [2.45, 2.75) is 26.5 Å². The summed E-state index contributed by atoms with van der Waals surface area (Å²) in [5.41, 5.74) is 0.414. The third-order valence-corrected chi connectivity index (χ3v) is 4.10. The molecule has 27 heavy (non-hydrogen) atoms. The molecule has 0 aliphatic carbocycles. The van der Waals surface area contributed by atoms with E-state index in [0.717, 1.165) is 4.90 Å². The van der Waals surface area contributed by atoms with Gasteiger partial charge in [-0.2, -0.15) is 0 Å². The van der Waals surface area contributed by atoms with Gasteiger partial charge < -0.3 is 14.5 Å². The maximum absolute atomic E-state index is 12.6. The number of amides is 3. The minimum absolute atomic E-state index is 0.00729. The second-order valence-electron chi connectivity index (χ2n) is 5.98. The Hall–Kier alpha value is -3.42. The Morgan fingerprint density at radius 2 is 1.93 bits per heavy atom. The lowest BCUT2D eigenvalue weighted by Crippen LogP contribution is -2.35. The summed E-state index contributed by atoms with van der Waals surface area (Å²) < 4.78 is 10.3. The van der Waals surface area contributed by atoms with Crippen LogP contribution in [0.15, 0.2) is 41.0 Å². The number of carbonyl (C=O) groups excluding carboxylic acids is 4. The molecule has 0 saturated heterocycles. The number of carbonyl (C=O) groups is 4. The Kier molecular flexibility index (Phi) is 5.07. The summed E-state index contributed by atoms with van der Waals surface area (Å²) in [5, 5.41) is 2.55. The van der Waals surface area contributed by atoms with E-state index in [1.807, 2.05) is 0 Å². The van der Waals surface area contributed by atoms with Gasteiger partial charge in [-0.3, -0.25) is 19.3 Å². The van der Waals surface area contributed by atoms with Crippen molar-refractivity contribution in [3.63, 3.8) is 0 Å². The van der Waals surface area contributed by atoms with Crippen molar-refractivity contribution < 1.29 is 28.3 Å². The zero-order valence-electron chi connectivity index (χ0n) is 14.9. The van der Waals surface area contributed by atoms with Crippen LogP contribution in [0.4, 0.5) is 0 Å². The normalized spacial score (nSPS) is 14.1. The summed E-state index contributed by atoms with van der Waals surface area (Å²) in [7, 11) is 0. The summed E-state index contributed by atoms with van der Waals surface area (Å²) >= 11 is 0. The number of rotatable bonds is 6. The molecule has 140 valence electrons. The number of benzene rings is 1. The van der Waals surface area contributed by atoms with Gasteiger partial charge in [-0.25, -0.2) is 4.79 Å². The quantitative estimate of drug-likeness (QED) is 0.613. The highest BCUT2D eigenvalue weighted by atomic mass is 16.5. The Labute approximate surface area is 155 Å². The van der Waals surface area contributed by atoms with Crippen molar-refractivity contribution in [3.05, 3.63) is 59.0 Å². The molecule has 8 heteroatoms. The molecule has 8 nitrogen and oxygen atoms in total. The summed E-state index contributed by atoms with van der Waals surface area (Å²) in [5.74, 6) is -1.66. The van der Waals surface area contributed by atoms with Crippen LogP contribution in [-0.2, 0) is 16.1 Å². The zero-order chi connectivity index (χ0) is 19.6. The van der Waals surface area contributed by atoms with Gasteiger partial charge in [0.25, 0.3) is 17.7 Å². The molecule has 1 aliphatic heterocycles. The van der Waals surface area contributed by atoms with E-state index in [-0.39, 0.29) is 23.2 Å². The lowest BCUT2D eigenvalue weighted by molar-refractivity contribution is -0.128. The number of esters is 1. The Balaban J connectivity index is 1.77. The molecule has 0 spiro atoms. The van der Waals surface area contributed by atoms with Gasteiger partial charge >= 0.3 is 5.97 Å². The number of fused-ring (bicyclic) bond motifs is 1. The first-order chi connectivity index (χ1) is 12.9. The van der Waals surface area contributed by atoms with E-state index in [9.17, 15) is 19.2 Å². The number of furan rings is 1.